The van der Waals surface area contributed by atoms with Crippen LogP contribution in [0.25, 0.3) is 0 Å². The van der Waals surface area contributed by atoms with E-state index in [0.29, 0.717) is 12.3 Å². The van der Waals surface area contributed by atoms with E-state index in [-0.39, 0.29) is 5.60 Å². The molecule has 0 spiro atoms. The maximum atomic E-state index is 5.42. The minimum Gasteiger partial charge on any atom is -0.390 e. The molecule has 0 aromatic heterocycles. The van der Waals surface area contributed by atoms with E-state index in [4.69, 9.17) is 9.68 Å². The molecule has 4 heteroatoms. The first-order valence-electron chi connectivity index (χ1n) is 7.61. The van der Waals surface area contributed by atoms with Crippen LogP contribution < -0.4 is 5.48 Å². The molecule has 1 aromatic carbocycles. The van der Waals surface area contributed by atoms with E-state index in [0.717, 1.165) is 12.0 Å². The van der Waals surface area contributed by atoms with Gasteiger partial charge in [-0.05, 0) is 49.9 Å². The van der Waals surface area contributed by atoms with E-state index in [9.17, 15) is 0 Å². The standard InChI is InChI=1S/C17H28N2O2/c1-6-7-8-14-9-11-15(12-10-14)13-16(20-18-5)19-21-17(2,3)4/h9-12,18H,6-8,13H2,1-5H3/b19-16-. The summed E-state index contributed by atoms with van der Waals surface area (Å²) in [5, 5.41) is 4.08. The number of rotatable bonds is 7. The number of hydrogen-bond acceptors (Lipinski definition) is 4. The summed E-state index contributed by atoms with van der Waals surface area (Å²) < 4.78 is 0. The second-order valence-corrected chi connectivity index (χ2v) is 6.09. The molecule has 0 bridgehead atoms. The third-order valence-corrected chi connectivity index (χ3v) is 2.84. The van der Waals surface area contributed by atoms with Crippen molar-refractivity contribution in [2.75, 3.05) is 7.05 Å². The summed E-state index contributed by atoms with van der Waals surface area (Å²) in [6.45, 7) is 8.07. The highest BCUT2D eigenvalue weighted by molar-refractivity contribution is 5.77. The summed E-state index contributed by atoms with van der Waals surface area (Å²) in [5.41, 5.74) is 4.85. The average Bonchev–Trinajstić information content (AvgIpc) is 2.43. The van der Waals surface area contributed by atoms with Crippen molar-refractivity contribution in [3.8, 4) is 0 Å². The first-order valence-corrected chi connectivity index (χ1v) is 7.61. The second-order valence-electron chi connectivity index (χ2n) is 6.09. The van der Waals surface area contributed by atoms with Gasteiger partial charge in [0.25, 0.3) is 5.90 Å². The van der Waals surface area contributed by atoms with Gasteiger partial charge in [-0.15, -0.1) is 0 Å². The highest BCUT2D eigenvalue weighted by Crippen LogP contribution is 2.11. The van der Waals surface area contributed by atoms with Crippen molar-refractivity contribution in [1.82, 2.24) is 5.48 Å². The van der Waals surface area contributed by atoms with E-state index in [2.05, 4.69) is 41.8 Å². The van der Waals surface area contributed by atoms with Gasteiger partial charge in [-0.3, -0.25) is 0 Å². The fourth-order valence-corrected chi connectivity index (χ4v) is 1.77. The summed E-state index contributed by atoms with van der Waals surface area (Å²) in [5.74, 6) is 0.522. The molecule has 1 aromatic rings. The maximum Gasteiger partial charge on any atom is 0.254 e. The van der Waals surface area contributed by atoms with Gasteiger partial charge in [0.15, 0.2) is 0 Å². The van der Waals surface area contributed by atoms with Crippen LogP contribution in [-0.4, -0.2) is 18.5 Å². The Morgan fingerprint density at radius 2 is 1.76 bits per heavy atom. The summed E-state index contributed by atoms with van der Waals surface area (Å²) in [7, 11) is 1.71. The fraction of sp³-hybridized carbons (Fsp3) is 0.588. The van der Waals surface area contributed by atoms with Crippen LogP contribution in [-0.2, 0) is 22.5 Å². The molecule has 0 radical (unpaired) electrons. The number of benzene rings is 1. The van der Waals surface area contributed by atoms with Crippen LogP contribution in [0.3, 0.4) is 0 Å². The largest absolute Gasteiger partial charge is 0.390 e. The highest BCUT2D eigenvalue weighted by Gasteiger charge is 2.12. The van der Waals surface area contributed by atoms with Crippen LogP contribution in [0.1, 0.15) is 51.7 Å². The van der Waals surface area contributed by atoms with Gasteiger partial charge in [-0.1, -0.05) is 37.6 Å². The average molecular weight is 292 g/mol. The second kappa shape index (κ2) is 8.67. The highest BCUT2D eigenvalue weighted by atomic mass is 16.7. The van der Waals surface area contributed by atoms with E-state index < -0.39 is 0 Å². The van der Waals surface area contributed by atoms with Gasteiger partial charge in [0.1, 0.15) is 5.60 Å². The Hall–Kier alpha value is -1.55. The lowest BCUT2D eigenvalue weighted by Crippen LogP contribution is -2.22. The van der Waals surface area contributed by atoms with Crippen molar-refractivity contribution in [3.05, 3.63) is 35.4 Å². The normalized spacial score (nSPS) is 12.3. The van der Waals surface area contributed by atoms with E-state index in [1.165, 1.54) is 18.4 Å². The summed E-state index contributed by atoms with van der Waals surface area (Å²) in [4.78, 5) is 10.7. The summed E-state index contributed by atoms with van der Waals surface area (Å²) in [6, 6.07) is 8.59. The molecular formula is C17H28N2O2. The van der Waals surface area contributed by atoms with Crippen molar-refractivity contribution in [3.63, 3.8) is 0 Å². The number of oxime groups is 1. The van der Waals surface area contributed by atoms with Gasteiger partial charge in [-0.2, -0.15) is 5.48 Å². The van der Waals surface area contributed by atoms with Crippen LogP contribution in [0.15, 0.2) is 29.4 Å². The molecule has 118 valence electrons. The number of unbranched alkanes of at least 4 members (excludes halogenated alkanes) is 1. The first-order chi connectivity index (χ1) is 9.94. The predicted octanol–water partition coefficient (Wildman–Crippen LogP) is 3.85. The Balaban J connectivity index is 2.66. The van der Waals surface area contributed by atoms with Gasteiger partial charge >= 0.3 is 0 Å². The van der Waals surface area contributed by atoms with Crippen molar-refractivity contribution < 1.29 is 9.68 Å². The third kappa shape index (κ3) is 7.71. The molecule has 0 aliphatic carbocycles. The topological polar surface area (TPSA) is 42.9 Å². The number of hydrogen-bond donors (Lipinski definition) is 1. The molecule has 0 saturated heterocycles. The van der Waals surface area contributed by atoms with Crippen LogP contribution in [0.2, 0.25) is 0 Å². The molecule has 0 aliphatic heterocycles. The van der Waals surface area contributed by atoms with Crippen LogP contribution in [0.4, 0.5) is 0 Å². The number of hydroxylamine groups is 1. The zero-order valence-corrected chi connectivity index (χ0v) is 13.9. The predicted molar refractivity (Wildman–Crippen MR) is 87.2 cm³/mol. The minimum atomic E-state index is -0.327. The molecule has 1 N–H and O–H groups in total. The van der Waals surface area contributed by atoms with Crippen molar-refractivity contribution in [1.29, 1.82) is 0 Å². The Morgan fingerprint density at radius 1 is 1.14 bits per heavy atom. The molecule has 0 fully saturated rings. The van der Waals surface area contributed by atoms with E-state index >= 15 is 0 Å². The van der Waals surface area contributed by atoms with Crippen LogP contribution in [0, 0.1) is 0 Å². The van der Waals surface area contributed by atoms with Gasteiger partial charge in [0.05, 0.1) is 6.42 Å². The first kappa shape index (κ1) is 17.5. The monoisotopic (exact) mass is 292 g/mol. The molecule has 0 unspecified atom stereocenters. The Bertz CT molecular complexity index is 433. The summed E-state index contributed by atoms with van der Waals surface area (Å²) in [6.07, 6.45) is 4.19. The quantitative estimate of drug-likeness (QED) is 0.471. The molecule has 0 amide bonds. The number of nitrogens with one attached hydrogen (secondary N) is 1. The zero-order valence-electron chi connectivity index (χ0n) is 13.9. The smallest absolute Gasteiger partial charge is 0.254 e. The zero-order chi connectivity index (χ0) is 15.7. The number of nitrogens with zero attached hydrogens (tertiary/aromatic N) is 1. The Kier molecular flexibility index (Phi) is 7.23. The van der Waals surface area contributed by atoms with E-state index in [1.807, 2.05) is 20.8 Å². The van der Waals surface area contributed by atoms with Crippen molar-refractivity contribution >= 4 is 5.90 Å². The van der Waals surface area contributed by atoms with Gasteiger partial charge in [-0.25, -0.2) is 0 Å². The summed E-state index contributed by atoms with van der Waals surface area (Å²) >= 11 is 0. The fourth-order valence-electron chi connectivity index (χ4n) is 1.77. The lowest BCUT2D eigenvalue weighted by molar-refractivity contribution is -0.00629. The van der Waals surface area contributed by atoms with Crippen molar-refractivity contribution in [2.45, 2.75) is 59.0 Å². The molecular weight excluding hydrogens is 264 g/mol. The van der Waals surface area contributed by atoms with Crippen LogP contribution in [0.5, 0.6) is 0 Å². The Labute approximate surface area is 128 Å². The van der Waals surface area contributed by atoms with E-state index in [1.54, 1.807) is 7.05 Å². The maximum absolute atomic E-state index is 5.42. The third-order valence-electron chi connectivity index (χ3n) is 2.84. The van der Waals surface area contributed by atoms with Crippen LogP contribution >= 0.6 is 0 Å². The SMILES string of the molecule is CCCCc1ccc(C/C(=N/OC(C)(C)C)ONC)cc1. The van der Waals surface area contributed by atoms with Gasteiger partial charge in [0, 0.05) is 7.05 Å². The molecule has 0 atom stereocenters. The molecule has 1 rings (SSSR count). The van der Waals surface area contributed by atoms with Crippen molar-refractivity contribution in [2.24, 2.45) is 5.16 Å². The molecule has 4 nitrogen and oxygen atoms in total. The van der Waals surface area contributed by atoms with Gasteiger partial charge in [0.2, 0.25) is 0 Å². The minimum absolute atomic E-state index is 0.327. The molecule has 0 heterocycles. The molecule has 0 aliphatic rings. The lowest BCUT2D eigenvalue weighted by atomic mass is 10.1. The lowest BCUT2D eigenvalue weighted by Gasteiger charge is -2.16. The molecule has 21 heavy (non-hydrogen) atoms. The number of aryl methyl sites for hydroxylation is 1. The van der Waals surface area contributed by atoms with Gasteiger partial charge < -0.3 is 9.68 Å². The molecule has 0 saturated carbocycles. The Morgan fingerprint density at radius 3 is 2.29 bits per heavy atom.